The van der Waals surface area contributed by atoms with E-state index >= 15 is 0 Å². The molecule has 0 aliphatic rings. The van der Waals surface area contributed by atoms with E-state index in [1.807, 2.05) is 0 Å². The fourth-order valence-electron chi connectivity index (χ4n) is 1.64. The number of nitrogen functional groups attached to an aromatic ring is 1. The summed E-state index contributed by atoms with van der Waals surface area (Å²) in [5.41, 5.74) is 7.71. The predicted octanol–water partition coefficient (Wildman–Crippen LogP) is 0.706. The second-order valence-electron chi connectivity index (χ2n) is 4.04. The molecule has 1 heterocycles. The summed E-state index contributed by atoms with van der Waals surface area (Å²) >= 11 is 0. The highest BCUT2D eigenvalue weighted by atomic mass is 32.2. The molecule has 0 aliphatic heterocycles. The molecule has 0 aliphatic carbocycles. The molecule has 1 aromatic carbocycles. The second kappa shape index (κ2) is 4.95. The lowest BCUT2D eigenvalue weighted by Crippen LogP contribution is -2.14. The summed E-state index contributed by atoms with van der Waals surface area (Å²) in [6.07, 6.45) is 0. The van der Waals surface area contributed by atoms with E-state index in [9.17, 15) is 8.42 Å². The van der Waals surface area contributed by atoms with Crippen molar-refractivity contribution in [3.63, 3.8) is 0 Å². The summed E-state index contributed by atoms with van der Waals surface area (Å²) in [7, 11) is -1.73. The molecule has 0 radical (unpaired) electrons. The van der Waals surface area contributed by atoms with Crippen molar-refractivity contribution in [3.8, 4) is 0 Å². The number of hydrogen-bond acceptors (Lipinski definition) is 5. The molecule has 0 unspecified atom stereocenters. The molecule has 2 aromatic rings. The van der Waals surface area contributed by atoms with Crippen LogP contribution >= 0.6 is 0 Å². The summed E-state index contributed by atoms with van der Waals surface area (Å²) in [5.74, 6) is 0.292. The van der Waals surface area contributed by atoms with E-state index in [0.29, 0.717) is 17.0 Å². The molecule has 0 amide bonds. The Hall–Kier alpha value is -1.60. The molecule has 0 atom stereocenters. The van der Waals surface area contributed by atoms with Crippen molar-refractivity contribution in [2.75, 3.05) is 25.2 Å². The van der Waals surface area contributed by atoms with E-state index in [-0.39, 0.29) is 18.1 Å². The molecule has 6 nitrogen and oxygen atoms in total. The second-order valence-corrected chi connectivity index (χ2v) is 6.23. The number of sulfone groups is 1. The van der Waals surface area contributed by atoms with Gasteiger partial charge in [0.05, 0.1) is 23.4 Å². The van der Waals surface area contributed by atoms with E-state index < -0.39 is 9.84 Å². The largest absolute Gasteiger partial charge is 0.399 e. The lowest BCUT2D eigenvalue weighted by Gasteiger charge is -2.00. The molecule has 0 bridgehead atoms. The summed E-state index contributed by atoms with van der Waals surface area (Å²) in [4.78, 5) is 7.17. The van der Waals surface area contributed by atoms with Gasteiger partial charge in [0.2, 0.25) is 0 Å². The minimum atomic E-state index is -3.20. The Labute approximate surface area is 105 Å². The van der Waals surface area contributed by atoms with Crippen molar-refractivity contribution >= 4 is 26.6 Å². The molecule has 2 rings (SSSR count). The molecule has 0 saturated carbocycles. The van der Waals surface area contributed by atoms with E-state index in [1.54, 1.807) is 18.2 Å². The van der Waals surface area contributed by atoms with Crippen LogP contribution in [0.5, 0.6) is 0 Å². The average molecular weight is 269 g/mol. The zero-order chi connectivity index (χ0) is 13.2. The molecule has 0 saturated heterocycles. The van der Waals surface area contributed by atoms with Crippen LogP contribution in [0, 0.1) is 0 Å². The maximum atomic E-state index is 11.7. The molecule has 1 aromatic heterocycles. The number of imidazole rings is 1. The first-order valence-electron chi connectivity index (χ1n) is 5.44. The Morgan fingerprint density at radius 2 is 2.22 bits per heavy atom. The number of H-pyrrole nitrogens is 1. The number of anilines is 1. The predicted molar refractivity (Wildman–Crippen MR) is 69.9 cm³/mol. The third-order valence-corrected chi connectivity index (χ3v) is 4.01. The third kappa shape index (κ3) is 2.99. The molecule has 3 N–H and O–H groups in total. The number of aromatic amines is 1. The zero-order valence-corrected chi connectivity index (χ0v) is 10.8. The number of aromatic nitrogens is 2. The zero-order valence-electron chi connectivity index (χ0n) is 10.0. The van der Waals surface area contributed by atoms with E-state index in [4.69, 9.17) is 10.5 Å². The lowest BCUT2D eigenvalue weighted by molar-refractivity contribution is 0.217. The fourth-order valence-corrected chi connectivity index (χ4v) is 2.76. The first kappa shape index (κ1) is 12.8. The standard InChI is InChI=1S/C11H15N3O3S/c1-17-4-5-18(15,16)7-11-13-9-3-2-8(12)6-10(9)14-11/h2-3,6H,4-5,7,12H2,1H3,(H,13,14). The molecular weight excluding hydrogens is 254 g/mol. The third-order valence-electron chi connectivity index (χ3n) is 2.51. The van der Waals surface area contributed by atoms with Gasteiger partial charge in [0.1, 0.15) is 11.6 Å². The normalized spacial score (nSPS) is 12.1. The van der Waals surface area contributed by atoms with Crippen molar-refractivity contribution in [3.05, 3.63) is 24.0 Å². The first-order valence-corrected chi connectivity index (χ1v) is 7.26. The van der Waals surface area contributed by atoms with Gasteiger partial charge in [-0.15, -0.1) is 0 Å². The number of nitrogens with zero attached hydrogens (tertiary/aromatic N) is 1. The number of benzene rings is 1. The van der Waals surface area contributed by atoms with Gasteiger partial charge >= 0.3 is 0 Å². The van der Waals surface area contributed by atoms with Gasteiger partial charge in [0.25, 0.3) is 0 Å². The van der Waals surface area contributed by atoms with Gasteiger partial charge in [-0.1, -0.05) is 0 Å². The minimum absolute atomic E-state index is 0.0112. The van der Waals surface area contributed by atoms with Crippen LogP contribution in [0.15, 0.2) is 18.2 Å². The fraction of sp³-hybridized carbons (Fsp3) is 0.364. The minimum Gasteiger partial charge on any atom is -0.399 e. The summed E-state index contributed by atoms with van der Waals surface area (Å²) in [6.45, 7) is 0.190. The number of methoxy groups -OCH3 is 1. The molecule has 7 heteroatoms. The molecule has 0 fully saturated rings. The van der Waals surface area contributed by atoms with E-state index in [1.165, 1.54) is 7.11 Å². The van der Waals surface area contributed by atoms with Gasteiger partial charge in [-0.05, 0) is 18.2 Å². The number of nitrogens with two attached hydrogens (primary N) is 1. The number of nitrogens with one attached hydrogen (secondary N) is 1. The quantitative estimate of drug-likeness (QED) is 0.779. The Bertz CT molecular complexity index is 649. The van der Waals surface area contributed by atoms with Crippen LogP contribution in [0.1, 0.15) is 5.82 Å². The molecule has 98 valence electrons. The SMILES string of the molecule is COCCS(=O)(=O)Cc1nc2ccc(N)cc2[nH]1. The smallest absolute Gasteiger partial charge is 0.159 e. The van der Waals surface area contributed by atoms with Crippen LogP contribution in [0.2, 0.25) is 0 Å². The summed E-state index contributed by atoms with van der Waals surface area (Å²) in [5, 5.41) is 0. The number of ether oxygens (including phenoxy) is 1. The van der Waals surface area contributed by atoms with Crippen LogP contribution in [-0.2, 0) is 20.3 Å². The van der Waals surface area contributed by atoms with E-state index in [2.05, 4.69) is 9.97 Å². The molecule has 0 spiro atoms. The van der Waals surface area contributed by atoms with Crippen molar-refractivity contribution < 1.29 is 13.2 Å². The number of fused-ring (bicyclic) bond motifs is 1. The van der Waals surface area contributed by atoms with Crippen LogP contribution in [0.4, 0.5) is 5.69 Å². The van der Waals surface area contributed by atoms with Crippen molar-refractivity contribution in [1.82, 2.24) is 9.97 Å². The van der Waals surface area contributed by atoms with Gasteiger partial charge in [-0.25, -0.2) is 13.4 Å². The maximum absolute atomic E-state index is 11.7. The highest BCUT2D eigenvalue weighted by molar-refractivity contribution is 7.90. The highest BCUT2D eigenvalue weighted by Gasteiger charge is 2.14. The first-order chi connectivity index (χ1) is 8.50. The van der Waals surface area contributed by atoms with Crippen molar-refractivity contribution in [1.29, 1.82) is 0 Å². The van der Waals surface area contributed by atoms with Crippen LogP contribution in [-0.4, -0.2) is 37.9 Å². The van der Waals surface area contributed by atoms with Gasteiger partial charge in [-0.2, -0.15) is 0 Å². The number of rotatable bonds is 5. The molecular formula is C11H15N3O3S. The van der Waals surface area contributed by atoms with Gasteiger partial charge in [0, 0.05) is 12.8 Å². The number of hydrogen-bond donors (Lipinski definition) is 2. The van der Waals surface area contributed by atoms with E-state index in [0.717, 1.165) is 5.52 Å². The van der Waals surface area contributed by atoms with Crippen LogP contribution in [0.25, 0.3) is 11.0 Å². The van der Waals surface area contributed by atoms with Gasteiger partial charge < -0.3 is 15.5 Å². The van der Waals surface area contributed by atoms with Crippen molar-refractivity contribution in [2.24, 2.45) is 0 Å². The monoisotopic (exact) mass is 269 g/mol. The van der Waals surface area contributed by atoms with Crippen molar-refractivity contribution in [2.45, 2.75) is 5.75 Å². The van der Waals surface area contributed by atoms with Gasteiger partial charge in [-0.3, -0.25) is 0 Å². The maximum Gasteiger partial charge on any atom is 0.159 e. The topological polar surface area (TPSA) is 98.1 Å². The van der Waals surface area contributed by atoms with Crippen LogP contribution < -0.4 is 5.73 Å². The molecule has 18 heavy (non-hydrogen) atoms. The van der Waals surface area contributed by atoms with Crippen LogP contribution in [0.3, 0.4) is 0 Å². The Morgan fingerprint density at radius 3 is 2.94 bits per heavy atom. The Balaban J connectivity index is 2.22. The Morgan fingerprint density at radius 1 is 1.44 bits per heavy atom. The lowest BCUT2D eigenvalue weighted by atomic mass is 10.3. The summed E-state index contributed by atoms with van der Waals surface area (Å²) < 4.78 is 28.2. The Kier molecular flexibility index (Phi) is 3.53. The highest BCUT2D eigenvalue weighted by Crippen LogP contribution is 2.16. The van der Waals surface area contributed by atoms with Gasteiger partial charge in [0.15, 0.2) is 9.84 Å². The average Bonchev–Trinajstić information content (AvgIpc) is 2.66. The summed E-state index contributed by atoms with van der Waals surface area (Å²) in [6, 6.07) is 5.21.